The van der Waals surface area contributed by atoms with Crippen LogP contribution in [-0.2, 0) is 49.2 Å². The number of hydrogen-bond acceptors (Lipinski definition) is 18. The summed E-state index contributed by atoms with van der Waals surface area (Å²) >= 11 is 5.77. The van der Waals surface area contributed by atoms with Gasteiger partial charge in [0.2, 0.25) is 20.4 Å². The third kappa shape index (κ3) is 8.36. The van der Waals surface area contributed by atoms with E-state index < -0.39 is 35.7 Å². The van der Waals surface area contributed by atoms with Crippen molar-refractivity contribution in [2.45, 2.75) is 114 Å². The SMILES string of the molecule is CC1(C)O[C@@H]2C(=O)C3=C(NCCc4cc5c(cc43)OCO5)[C@@H]2O1.CC1(C)O[C@@H]2C(=O)C=C(Cl)[C@@H]2O1.CC1(C)O[C@@H]2C(=O)C=C(N3CC3c3ccc4c(c3)OCO4)[C@@H]2O1.c1cc2c(cc1C1CN1)OCO2. The predicted molar refractivity (Wildman–Crippen MR) is 245 cm³/mol. The molecule has 12 aliphatic rings. The lowest BCUT2D eigenvalue weighted by Crippen LogP contribution is -2.30. The summed E-state index contributed by atoms with van der Waals surface area (Å²) in [5, 5.41) is 7.06. The van der Waals surface area contributed by atoms with Gasteiger partial charge in [0, 0.05) is 43.4 Å². The Hall–Kier alpha value is -5.70. The highest BCUT2D eigenvalue weighted by atomic mass is 35.5. The molecule has 3 aromatic rings. The smallest absolute Gasteiger partial charge is 0.231 e. The van der Waals surface area contributed by atoms with E-state index in [1.54, 1.807) is 19.9 Å². The maximum absolute atomic E-state index is 12.9. The summed E-state index contributed by atoms with van der Waals surface area (Å²) in [6.45, 7) is 14.4. The zero-order valence-corrected chi connectivity index (χ0v) is 40.0. The Balaban J connectivity index is 0.000000101. The topological polar surface area (TPSA) is 199 Å². The number of rotatable bonds is 3. The normalized spacial score (nSPS) is 31.3. The van der Waals surface area contributed by atoms with Crippen molar-refractivity contribution in [3.05, 3.63) is 99.4 Å². The van der Waals surface area contributed by atoms with E-state index >= 15 is 0 Å². The van der Waals surface area contributed by atoms with Crippen molar-refractivity contribution in [2.75, 3.05) is 40.0 Å². The molecule has 9 aliphatic heterocycles. The first-order valence-corrected chi connectivity index (χ1v) is 23.8. The number of Topliss-reactive ketones (excluding diaryl/α,β-unsaturated/α-hetero) is 1. The lowest BCUT2D eigenvalue weighted by Gasteiger charge is -2.19. The molecule has 18 nitrogen and oxygen atoms in total. The fraction of sp³-hybridized carbons (Fsp3) is 0.471. The van der Waals surface area contributed by atoms with Crippen molar-refractivity contribution in [3.63, 3.8) is 0 Å². The first-order chi connectivity index (χ1) is 33.5. The first-order valence-electron chi connectivity index (χ1n) is 23.5. The number of ketones is 3. The standard InChI is InChI=1S/2C17H17NO5.C9H9NO2.C8H9ClO3/c1-17(2)22-15-10(6-12(19)16(15)23-17)18-7-11(18)9-3-4-13-14(5-9)21-8-20-13;1-17(2)22-15-13-12(14(19)16(15)23-17)9-6-11-10(20-7-21-11)5-8(9)3-4-18-13;1-2-8-9(12-5-11-8)3-6(1)7-4-10-7;1-8(2)11-6-4(9)3-5(10)7(6)12-8/h3-6,11,15-16H,7-8H2,1-2H3;5-6,15-16,18H,3-4,7H2,1-2H3;1-3,7,10H,4-5H2;3,6-7H,1-2H3/t11?,15-,16+,18?;15-,16+;;6-,7+/m00.0/s1. The van der Waals surface area contributed by atoms with Crippen molar-refractivity contribution in [1.29, 1.82) is 0 Å². The number of nitrogens with one attached hydrogen (secondary N) is 2. The minimum absolute atomic E-state index is 0.00749. The maximum Gasteiger partial charge on any atom is 0.231 e. The molecule has 0 saturated carbocycles. The minimum atomic E-state index is -0.741. The average Bonchev–Trinajstić information content (AvgIpc) is 3.62. The fourth-order valence-corrected chi connectivity index (χ4v) is 10.5. The van der Waals surface area contributed by atoms with Crippen LogP contribution in [0.4, 0.5) is 0 Å². The van der Waals surface area contributed by atoms with Crippen molar-refractivity contribution in [1.82, 2.24) is 15.5 Å². The molecule has 368 valence electrons. The lowest BCUT2D eigenvalue weighted by molar-refractivity contribution is -0.153. The second kappa shape index (κ2) is 16.7. The maximum atomic E-state index is 12.9. The van der Waals surface area contributed by atoms with E-state index in [0.29, 0.717) is 29.2 Å². The highest BCUT2D eigenvalue weighted by Crippen LogP contribution is 2.49. The molecule has 3 aromatic carbocycles. The number of benzene rings is 3. The Labute approximate surface area is 407 Å². The molecule has 0 bridgehead atoms. The van der Waals surface area contributed by atoms with Crippen LogP contribution < -0.4 is 39.1 Å². The number of nitrogens with zero attached hydrogens (tertiary/aromatic N) is 1. The Bertz CT molecular complexity index is 2820. The van der Waals surface area contributed by atoms with Gasteiger partial charge in [-0.2, -0.15) is 0 Å². The van der Waals surface area contributed by atoms with Crippen LogP contribution >= 0.6 is 11.6 Å². The van der Waals surface area contributed by atoms with Gasteiger partial charge in [0.05, 0.1) is 22.5 Å². The van der Waals surface area contributed by atoms with Gasteiger partial charge in [-0.3, -0.25) is 14.4 Å². The third-order valence-corrected chi connectivity index (χ3v) is 13.9. The van der Waals surface area contributed by atoms with E-state index in [1.807, 2.05) is 70.2 Å². The third-order valence-electron chi connectivity index (χ3n) is 13.6. The highest BCUT2D eigenvalue weighted by Gasteiger charge is 2.56. The fourth-order valence-electron chi connectivity index (χ4n) is 10.3. The van der Waals surface area contributed by atoms with Crippen LogP contribution in [0.2, 0.25) is 0 Å². The summed E-state index contributed by atoms with van der Waals surface area (Å²) in [6, 6.07) is 16.8. The second-order valence-corrected chi connectivity index (χ2v) is 20.3. The Kier molecular flexibility index (Phi) is 10.8. The van der Waals surface area contributed by atoms with Crippen LogP contribution in [0.1, 0.15) is 75.9 Å². The molecule has 5 fully saturated rings. The van der Waals surface area contributed by atoms with E-state index in [2.05, 4.69) is 21.6 Å². The second-order valence-electron chi connectivity index (χ2n) is 19.9. The van der Waals surface area contributed by atoms with Crippen molar-refractivity contribution in [3.8, 4) is 34.5 Å². The van der Waals surface area contributed by atoms with Crippen molar-refractivity contribution in [2.24, 2.45) is 0 Å². The van der Waals surface area contributed by atoms with E-state index in [9.17, 15) is 14.4 Å². The quantitative estimate of drug-likeness (QED) is 0.316. The number of halogens is 1. The summed E-state index contributed by atoms with van der Waals surface area (Å²) < 4.78 is 66.3. The summed E-state index contributed by atoms with van der Waals surface area (Å²) in [5.74, 6) is 2.45. The van der Waals surface area contributed by atoms with Crippen LogP contribution in [-0.4, -0.2) is 116 Å². The molecule has 0 amide bonds. The number of carbonyl (C=O) groups is 3. The van der Waals surface area contributed by atoms with Gasteiger partial charge in [-0.1, -0.05) is 23.7 Å². The molecule has 0 radical (unpaired) electrons. The van der Waals surface area contributed by atoms with Gasteiger partial charge in [-0.05, 0) is 107 Å². The highest BCUT2D eigenvalue weighted by molar-refractivity contribution is 6.33. The van der Waals surface area contributed by atoms with Gasteiger partial charge >= 0.3 is 0 Å². The zero-order valence-electron chi connectivity index (χ0n) is 39.3. The number of hydrogen-bond donors (Lipinski definition) is 2. The van der Waals surface area contributed by atoms with Gasteiger partial charge < -0.3 is 72.4 Å². The molecule has 3 aliphatic carbocycles. The van der Waals surface area contributed by atoms with E-state index in [0.717, 1.165) is 82.9 Å². The van der Waals surface area contributed by atoms with Crippen LogP contribution in [0.25, 0.3) is 5.57 Å². The predicted octanol–water partition coefficient (Wildman–Crippen LogP) is 5.41. The van der Waals surface area contributed by atoms with E-state index in [1.165, 1.54) is 11.6 Å². The van der Waals surface area contributed by atoms with Crippen LogP contribution in [0, 0.1) is 0 Å². The molecular weight excluding hydrogens is 930 g/mol. The molecule has 2 unspecified atom stereocenters. The molecule has 19 heteroatoms. The van der Waals surface area contributed by atoms with Crippen molar-refractivity contribution < 1.29 is 71.2 Å². The lowest BCUT2D eigenvalue weighted by atomic mass is 9.96. The molecule has 70 heavy (non-hydrogen) atoms. The Morgan fingerprint density at radius 2 is 1.10 bits per heavy atom. The summed E-state index contributed by atoms with van der Waals surface area (Å²) in [5.41, 5.74) is 6.86. The van der Waals surface area contributed by atoms with Gasteiger partial charge in [0.25, 0.3) is 0 Å². The van der Waals surface area contributed by atoms with Gasteiger partial charge in [0.1, 0.15) is 18.3 Å². The molecular formula is C51H52ClN3O15. The van der Waals surface area contributed by atoms with E-state index in [4.69, 9.17) is 68.4 Å². The largest absolute Gasteiger partial charge is 0.454 e. The summed E-state index contributed by atoms with van der Waals surface area (Å²) in [7, 11) is 0. The number of ether oxygens (including phenoxy) is 12. The van der Waals surface area contributed by atoms with Gasteiger partial charge in [0.15, 0.2) is 87.5 Å². The summed E-state index contributed by atoms with van der Waals surface area (Å²) in [6.07, 6.45) is 1.22. The molecule has 15 rings (SSSR count). The van der Waals surface area contributed by atoms with Crippen LogP contribution in [0.15, 0.2) is 77.1 Å². The zero-order chi connectivity index (χ0) is 48.4. The number of fused-ring (bicyclic) bond motifs is 9. The first kappa shape index (κ1) is 45.4. The molecule has 2 N–H and O–H groups in total. The monoisotopic (exact) mass is 981 g/mol. The molecule has 5 saturated heterocycles. The van der Waals surface area contributed by atoms with Crippen LogP contribution in [0.5, 0.6) is 34.5 Å². The molecule has 9 heterocycles. The van der Waals surface area contributed by atoms with Crippen molar-refractivity contribution >= 4 is 34.5 Å². The van der Waals surface area contributed by atoms with Gasteiger partial charge in [-0.15, -0.1) is 0 Å². The Morgan fingerprint density at radius 3 is 1.74 bits per heavy atom. The molecule has 0 spiro atoms. The van der Waals surface area contributed by atoms with E-state index in [-0.39, 0.29) is 55.3 Å². The molecule has 8 atom stereocenters. The minimum Gasteiger partial charge on any atom is -0.454 e. The number of carbonyl (C=O) groups excluding carboxylic acids is 3. The molecule has 0 aromatic heterocycles. The van der Waals surface area contributed by atoms with Crippen LogP contribution in [0.3, 0.4) is 0 Å². The Morgan fingerprint density at radius 1 is 0.586 bits per heavy atom. The van der Waals surface area contributed by atoms with Gasteiger partial charge in [-0.25, -0.2) is 0 Å². The summed E-state index contributed by atoms with van der Waals surface area (Å²) in [4.78, 5) is 38.5. The average molecular weight is 982 g/mol.